The summed E-state index contributed by atoms with van der Waals surface area (Å²) in [5.41, 5.74) is 5.27. The first kappa shape index (κ1) is 25.5. The molecular weight excluding hydrogens is 542 g/mol. The average molecular weight is 572 g/mol. The van der Waals surface area contributed by atoms with Crippen LogP contribution in [0.15, 0.2) is 82.6 Å². The lowest BCUT2D eigenvalue weighted by atomic mass is 10.0. The lowest BCUT2D eigenvalue weighted by Crippen LogP contribution is -2.32. The van der Waals surface area contributed by atoms with Gasteiger partial charge in [-0.1, -0.05) is 66.5 Å². The minimum atomic E-state index is -1.00. The van der Waals surface area contributed by atoms with Crippen molar-refractivity contribution in [1.29, 1.82) is 0 Å². The maximum atomic E-state index is 13.3. The topological polar surface area (TPSA) is 136 Å². The first-order chi connectivity index (χ1) is 21.2. The van der Waals surface area contributed by atoms with Gasteiger partial charge in [-0.2, -0.15) is 5.10 Å². The molecule has 0 saturated heterocycles. The molecule has 3 aromatic heterocycles. The maximum absolute atomic E-state index is 13.3. The highest BCUT2D eigenvalue weighted by Gasteiger charge is 2.30. The normalized spacial score (nSPS) is 18.6. The van der Waals surface area contributed by atoms with Crippen molar-refractivity contribution in [2.24, 2.45) is 4.99 Å². The molecule has 1 atom stereocenters. The van der Waals surface area contributed by atoms with Crippen molar-refractivity contribution in [3.8, 4) is 22.7 Å². The molecule has 4 heterocycles. The summed E-state index contributed by atoms with van der Waals surface area (Å²) in [7, 11) is 0. The van der Waals surface area contributed by atoms with Crippen molar-refractivity contribution in [3.63, 3.8) is 0 Å². The molecule has 2 aliphatic carbocycles. The van der Waals surface area contributed by atoms with Gasteiger partial charge >= 0.3 is 6.01 Å². The Morgan fingerprint density at radius 1 is 0.860 bits per heavy atom. The molecule has 43 heavy (non-hydrogen) atoms. The van der Waals surface area contributed by atoms with E-state index < -0.39 is 6.17 Å². The molecule has 11 heteroatoms. The molecule has 2 saturated carbocycles. The van der Waals surface area contributed by atoms with Crippen LogP contribution >= 0.6 is 0 Å². The number of hydrogen-bond acceptors (Lipinski definition) is 9. The quantitative estimate of drug-likeness (QED) is 0.257. The fourth-order valence-corrected chi connectivity index (χ4v) is 5.82. The molecule has 0 bridgehead atoms. The molecule has 5 aromatic rings. The number of nitrogens with zero attached hydrogens (tertiary/aromatic N) is 7. The largest absolute Gasteiger partial charge is 0.403 e. The smallest absolute Gasteiger partial charge is 0.317 e. The minimum absolute atomic E-state index is 0.0807. The SMILES string of the molecule is O=C1Nc2ccccc2C(c2ccccc2)=N[C@@H]1Nc1nnc(-c2cn(C3CCCC3)nc2-c2cnc(C3CC3)nc2)o1. The first-order valence-electron chi connectivity index (χ1n) is 14.7. The number of para-hydroxylation sites is 1. The van der Waals surface area contributed by atoms with Gasteiger partial charge in [-0.15, -0.1) is 5.10 Å². The molecule has 2 aromatic carbocycles. The molecule has 2 fully saturated rings. The van der Waals surface area contributed by atoms with E-state index in [1.807, 2.05) is 77.9 Å². The van der Waals surface area contributed by atoms with Crippen LogP contribution in [0, 0.1) is 0 Å². The molecule has 0 radical (unpaired) electrons. The van der Waals surface area contributed by atoms with Crippen LogP contribution in [0.5, 0.6) is 0 Å². The summed E-state index contributed by atoms with van der Waals surface area (Å²) < 4.78 is 8.12. The van der Waals surface area contributed by atoms with Crippen LogP contribution < -0.4 is 10.6 Å². The number of carbonyl (C=O) groups is 1. The van der Waals surface area contributed by atoms with E-state index in [4.69, 9.17) is 14.5 Å². The summed E-state index contributed by atoms with van der Waals surface area (Å²) in [5.74, 6) is 1.30. The highest BCUT2D eigenvalue weighted by atomic mass is 16.4. The van der Waals surface area contributed by atoms with Crippen LogP contribution in [0.2, 0.25) is 0 Å². The van der Waals surface area contributed by atoms with Crippen molar-refractivity contribution in [3.05, 3.63) is 90.1 Å². The van der Waals surface area contributed by atoms with Gasteiger partial charge < -0.3 is 15.1 Å². The minimum Gasteiger partial charge on any atom is -0.403 e. The Morgan fingerprint density at radius 3 is 2.42 bits per heavy atom. The molecule has 2 N–H and O–H groups in total. The van der Waals surface area contributed by atoms with E-state index in [0.29, 0.717) is 34.6 Å². The number of aliphatic imine (C=N–C) groups is 1. The molecule has 8 rings (SSSR count). The van der Waals surface area contributed by atoms with E-state index in [1.165, 1.54) is 12.8 Å². The maximum Gasteiger partial charge on any atom is 0.317 e. The van der Waals surface area contributed by atoms with Crippen molar-refractivity contribution in [1.82, 2.24) is 29.9 Å². The van der Waals surface area contributed by atoms with Gasteiger partial charge in [0, 0.05) is 41.2 Å². The Kier molecular flexibility index (Phi) is 6.27. The third kappa shape index (κ3) is 4.96. The van der Waals surface area contributed by atoms with Crippen LogP contribution in [0.1, 0.15) is 67.4 Å². The number of amides is 1. The van der Waals surface area contributed by atoms with Crippen LogP contribution in [-0.2, 0) is 4.79 Å². The van der Waals surface area contributed by atoms with Crippen LogP contribution in [0.3, 0.4) is 0 Å². The van der Waals surface area contributed by atoms with Gasteiger partial charge in [-0.25, -0.2) is 15.0 Å². The van der Waals surface area contributed by atoms with Gasteiger partial charge in [0.25, 0.3) is 11.8 Å². The predicted molar refractivity (Wildman–Crippen MR) is 161 cm³/mol. The van der Waals surface area contributed by atoms with Crippen molar-refractivity contribution in [2.45, 2.75) is 56.7 Å². The first-order valence-corrected chi connectivity index (χ1v) is 14.7. The van der Waals surface area contributed by atoms with E-state index in [9.17, 15) is 4.79 Å². The zero-order valence-corrected chi connectivity index (χ0v) is 23.3. The number of hydrogen-bond donors (Lipinski definition) is 2. The number of benzodiazepines with no additional fused rings is 1. The second-order valence-electron chi connectivity index (χ2n) is 11.3. The van der Waals surface area contributed by atoms with Crippen molar-refractivity contribution in [2.75, 3.05) is 10.6 Å². The van der Waals surface area contributed by atoms with E-state index in [0.717, 1.165) is 48.2 Å². The Morgan fingerprint density at radius 2 is 1.63 bits per heavy atom. The number of anilines is 2. The number of aromatic nitrogens is 6. The Bertz CT molecular complexity index is 1820. The fraction of sp³-hybridized carbons (Fsp3) is 0.281. The molecular formula is C32H29N9O2. The number of carbonyl (C=O) groups excluding carboxylic acids is 1. The lowest BCUT2D eigenvalue weighted by Gasteiger charge is -2.11. The van der Waals surface area contributed by atoms with Gasteiger partial charge in [-0.3, -0.25) is 9.48 Å². The number of nitrogens with one attached hydrogen (secondary N) is 2. The molecule has 11 nitrogen and oxygen atoms in total. The molecule has 1 aliphatic heterocycles. The van der Waals surface area contributed by atoms with Gasteiger partial charge in [0.2, 0.25) is 6.17 Å². The molecule has 1 amide bonds. The van der Waals surface area contributed by atoms with Crippen molar-refractivity contribution >= 4 is 23.3 Å². The molecule has 0 spiro atoms. The summed E-state index contributed by atoms with van der Waals surface area (Å²) in [6.45, 7) is 0. The standard InChI is InChI=1S/C32H29N9O2/c42-30-29(36-26(19-8-2-1-3-9-19)23-12-6-7-13-25(23)35-30)37-32-39-38-31(43-32)24-18-41(22-10-4-5-11-22)40-27(24)21-16-33-28(34-17-21)20-14-15-20/h1-3,6-9,12-13,16-18,20,22,29H,4-5,10-11,14-15H2,(H,35,42)(H,37,39)/t29-/m1/s1. The third-order valence-electron chi connectivity index (χ3n) is 8.23. The summed E-state index contributed by atoms with van der Waals surface area (Å²) in [4.78, 5) is 27.4. The second-order valence-corrected chi connectivity index (χ2v) is 11.3. The Labute approximate surface area is 247 Å². The van der Waals surface area contributed by atoms with E-state index in [2.05, 4.69) is 30.8 Å². The summed E-state index contributed by atoms with van der Waals surface area (Å²) >= 11 is 0. The van der Waals surface area contributed by atoms with E-state index >= 15 is 0 Å². The number of rotatable bonds is 7. The summed E-state index contributed by atoms with van der Waals surface area (Å²) in [6.07, 6.45) is 11.4. The number of benzene rings is 2. The highest BCUT2D eigenvalue weighted by Crippen LogP contribution is 2.39. The zero-order valence-electron chi connectivity index (χ0n) is 23.3. The monoisotopic (exact) mass is 571 g/mol. The van der Waals surface area contributed by atoms with Gasteiger partial charge in [-0.05, 0) is 31.7 Å². The summed E-state index contributed by atoms with van der Waals surface area (Å²) in [5, 5.41) is 19.6. The lowest BCUT2D eigenvalue weighted by molar-refractivity contribution is -0.116. The van der Waals surface area contributed by atoms with Crippen LogP contribution in [0.25, 0.3) is 22.7 Å². The second kappa shape index (κ2) is 10.6. The zero-order chi connectivity index (χ0) is 28.8. The predicted octanol–water partition coefficient (Wildman–Crippen LogP) is 5.61. The van der Waals surface area contributed by atoms with E-state index in [-0.39, 0.29) is 17.8 Å². The third-order valence-corrected chi connectivity index (χ3v) is 8.23. The molecule has 3 aliphatic rings. The average Bonchev–Trinajstić information content (AvgIpc) is 3.39. The number of fused-ring (bicyclic) bond motifs is 1. The Hall–Kier alpha value is -5.19. The van der Waals surface area contributed by atoms with Gasteiger partial charge in [0.1, 0.15) is 11.5 Å². The fourth-order valence-electron chi connectivity index (χ4n) is 5.82. The van der Waals surface area contributed by atoms with Crippen molar-refractivity contribution < 1.29 is 9.21 Å². The van der Waals surface area contributed by atoms with Crippen LogP contribution in [-0.4, -0.2) is 47.7 Å². The van der Waals surface area contributed by atoms with Gasteiger partial charge in [0.05, 0.1) is 23.0 Å². The summed E-state index contributed by atoms with van der Waals surface area (Å²) in [6, 6.07) is 17.8. The molecule has 214 valence electrons. The molecule has 0 unspecified atom stereocenters. The van der Waals surface area contributed by atoms with Crippen LogP contribution in [0.4, 0.5) is 11.7 Å². The van der Waals surface area contributed by atoms with Gasteiger partial charge in [0.15, 0.2) is 0 Å². The van der Waals surface area contributed by atoms with E-state index in [1.54, 1.807) is 0 Å². The Balaban J connectivity index is 1.13. The highest BCUT2D eigenvalue weighted by molar-refractivity contribution is 6.19.